The summed E-state index contributed by atoms with van der Waals surface area (Å²) in [7, 11) is 0. The molecular weight excluding hydrogens is 279 g/mol. The number of hydrogen-bond donors (Lipinski definition) is 1. The van der Waals surface area contributed by atoms with E-state index in [0.717, 1.165) is 18.1 Å². The van der Waals surface area contributed by atoms with E-state index in [0.29, 0.717) is 12.3 Å². The van der Waals surface area contributed by atoms with Gasteiger partial charge in [-0.3, -0.25) is 0 Å². The first-order valence-electron chi connectivity index (χ1n) is 7.22. The topological polar surface area (TPSA) is 21.3 Å². The Morgan fingerprint density at radius 2 is 2.00 bits per heavy atom. The lowest BCUT2D eigenvalue weighted by Crippen LogP contribution is -2.58. The second-order valence-corrected chi connectivity index (χ2v) is 6.23. The molecule has 2 atom stereocenters. The molecule has 0 radical (unpaired) electrons. The van der Waals surface area contributed by atoms with Crippen molar-refractivity contribution in [3.63, 3.8) is 0 Å². The first-order chi connectivity index (χ1) is 9.66. The minimum absolute atomic E-state index is 0.0866. The summed E-state index contributed by atoms with van der Waals surface area (Å²) >= 11 is 0. The first kappa shape index (κ1) is 16.1. The van der Waals surface area contributed by atoms with Gasteiger partial charge in [0.1, 0.15) is 0 Å². The molecule has 1 aromatic carbocycles. The average molecular weight is 301 g/mol. The van der Waals surface area contributed by atoms with Gasteiger partial charge in [0.05, 0.1) is 11.7 Å². The molecule has 1 fully saturated rings. The number of hydrogen-bond acceptors (Lipinski definition) is 2. The lowest BCUT2D eigenvalue weighted by molar-refractivity contribution is -0.137. The summed E-state index contributed by atoms with van der Waals surface area (Å²) in [6.07, 6.45) is -3.34. The highest BCUT2D eigenvalue weighted by Crippen LogP contribution is 2.45. The highest BCUT2D eigenvalue weighted by atomic mass is 19.4. The van der Waals surface area contributed by atoms with Crippen LogP contribution in [0.5, 0.6) is 0 Å². The molecule has 1 aliphatic rings. The Hall–Kier alpha value is -1.23. The third kappa shape index (κ3) is 3.18. The van der Waals surface area contributed by atoms with Crippen molar-refractivity contribution in [2.24, 2.45) is 5.41 Å². The molecule has 0 saturated heterocycles. The SMILES string of the molecule is CCOC1CC(Nc2cc(C(F)(F)F)ccc2C)C1(C)C. The van der Waals surface area contributed by atoms with Crippen LogP contribution in [-0.4, -0.2) is 18.8 Å². The highest BCUT2D eigenvalue weighted by molar-refractivity contribution is 5.54. The molecule has 1 aromatic rings. The molecule has 2 unspecified atom stereocenters. The van der Waals surface area contributed by atoms with Crippen LogP contribution in [0.4, 0.5) is 18.9 Å². The van der Waals surface area contributed by atoms with E-state index < -0.39 is 11.7 Å². The zero-order chi connectivity index (χ0) is 15.8. The van der Waals surface area contributed by atoms with Crippen LogP contribution in [0.3, 0.4) is 0 Å². The van der Waals surface area contributed by atoms with Crippen LogP contribution in [0.25, 0.3) is 0 Å². The monoisotopic (exact) mass is 301 g/mol. The number of aryl methyl sites for hydroxylation is 1. The van der Waals surface area contributed by atoms with Crippen LogP contribution < -0.4 is 5.32 Å². The maximum atomic E-state index is 12.8. The van der Waals surface area contributed by atoms with Crippen molar-refractivity contribution in [1.82, 2.24) is 0 Å². The van der Waals surface area contributed by atoms with Crippen molar-refractivity contribution in [3.8, 4) is 0 Å². The van der Waals surface area contributed by atoms with E-state index in [2.05, 4.69) is 19.2 Å². The van der Waals surface area contributed by atoms with Crippen molar-refractivity contribution < 1.29 is 17.9 Å². The summed E-state index contributed by atoms with van der Waals surface area (Å²) in [4.78, 5) is 0. The molecule has 0 heterocycles. The van der Waals surface area contributed by atoms with E-state index >= 15 is 0 Å². The number of nitrogens with one attached hydrogen (secondary N) is 1. The number of anilines is 1. The fraction of sp³-hybridized carbons (Fsp3) is 0.625. The van der Waals surface area contributed by atoms with Crippen molar-refractivity contribution >= 4 is 5.69 Å². The van der Waals surface area contributed by atoms with Crippen molar-refractivity contribution in [2.45, 2.75) is 52.4 Å². The molecule has 1 saturated carbocycles. The molecule has 0 bridgehead atoms. The largest absolute Gasteiger partial charge is 0.416 e. The highest BCUT2D eigenvalue weighted by Gasteiger charge is 2.49. The molecule has 118 valence electrons. The van der Waals surface area contributed by atoms with Crippen LogP contribution >= 0.6 is 0 Å². The summed E-state index contributed by atoms with van der Waals surface area (Å²) in [5, 5.41) is 3.26. The fourth-order valence-corrected chi connectivity index (χ4v) is 2.76. The van der Waals surface area contributed by atoms with E-state index in [9.17, 15) is 13.2 Å². The van der Waals surface area contributed by atoms with E-state index in [1.165, 1.54) is 12.1 Å². The van der Waals surface area contributed by atoms with E-state index in [1.54, 1.807) is 0 Å². The minimum atomic E-state index is -4.31. The van der Waals surface area contributed by atoms with Gasteiger partial charge in [0.2, 0.25) is 0 Å². The zero-order valence-corrected chi connectivity index (χ0v) is 12.8. The predicted molar refractivity (Wildman–Crippen MR) is 77.4 cm³/mol. The zero-order valence-electron chi connectivity index (χ0n) is 12.8. The van der Waals surface area contributed by atoms with Gasteiger partial charge >= 0.3 is 6.18 Å². The Labute approximate surface area is 123 Å². The first-order valence-corrected chi connectivity index (χ1v) is 7.22. The number of halogens is 3. The van der Waals surface area contributed by atoms with Gasteiger partial charge < -0.3 is 10.1 Å². The van der Waals surface area contributed by atoms with Gasteiger partial charge in [-0.2, -0.15) is 13.2 Å². The third-order valence-electron chi connectivity index (χ3n) is 4.44. The summed E-state index contributed by atoms with van der Waals surface area (Å²) in [6, 6.07) is 3.95. The van der Waals surface area contributed by atoms with Crippen LogP contribution in [0, 0.1) is 12.3 Å². The fourth-order valence-electron chi connectivity index (χ4n) is 2.76. The van der Waals surface area contributed by atoms with Crippen molar-refractivity contribution in [1.29, 1.82) is 0 Å². The quantitative estimate of drug-likeness (QED) is 0.875. The Balaban J connectivity index is 2.14. The van der Waals surface area contributed by atoms with Gasteiger partial charge in [-0.15, -0.1) is 0 Å². The average Bonchev–Trinajstić information content (AvgIpc) is 2.38. The predicted octanol–water partition coefficient (Wildman–Crippen LogP) is 4.63. The standard InChI is InChI=1S/C16H22F3NO/c1-5-21-14-9-13(15(14,3)4)20-12-8-11(16(17,18)19)7-6-10(12)2/h6-8,13-14,20H,5,9H2,1-4H3. The smallest absolute Gasteiger partial charge is 0.381 e. The number of benzene rings is 1. The second-order valence-electron chi connectivity index (χ2n) is 6.23. The van der Waals surface area contributed by atoms with Gasteiger partial charge in [-0.1, -0.05) is 19.9 Å². The summed E-state index contributed by atoms with van der Waals surface area (Å²) in [5.74, 6) is 0. The molecule has 0 aromatic heterocycles. The Morgan fingerprint density at radius 1 is 1.33 bits per heavy atom. The van der Waals surface area contributed by atoms with Gasteiger partial charge in [-0.05, 0) is 38.0 Å². The minimum Gasteiger partial charge on any atom is -0.381 e. The van der Waals surface area contributed by atoms with E-state index in [1.807, 2.05) is 13.8 Å². The second kappa shape index (κ2) is 5.52. The Morgan fingerprint density at radius 3 is 2.52 bits per heavy atom. The molecule has 1 N–H and O–H groups in total. The summed E-state index contributed by atoms with van der Waals surface area (Å²) < 4.78 is 44.0. The molecule has 1 aliphatic carbocycles. The Bertz CT molecular complexity index is 511. The molecule has 5 heteroatoms. The number of ether oxygens (including phenoxy) is 1. The molecule has 0 spiro atoms. The lowest BCUT2D eigenvalue weighted by Gasteiger charge is -2.52. The Kier molecular flexibility index (Phi) is 4.24. The van der Waals surface area contributed by atoms with Crippen LogP contribution in [0.1, 0.15) is 38.3 Å². The number of alkyl halides is 3. The maximum Gasteiger partial charge on any atom is 0.416 e. The van der Waals surface area contributed by atoms with Crippen LogP contribution in [0.2, 0.25) is 0 Å². The molecule has 21 heavy (non-hydrogen) atoms. The van der Waals surface area contributed by atoms with E-state index in [4.69, 9.17) is 4.74 Å². The summed E-state index contributed by atoms with van der Waals surface area (Å²) in [6.45, 7) is 8.58. The molecule has 2 rings (SSSR count). The number of rotatable bonds is 4. The van der Waals surface area contributed by atoms with Gasteiger partial charge in [0.25, 0.3) is 0 Å². The van der Waals surface area contributed by atoms with Gasteiger partial charge in [-0.25, -0.2) is 0 Å². The third-order valence-corrected chi connectivity index (χ3v) is 4.44. The molecule has 2 nitrogen and oxygen atoms in total. The van der Waals surface area contributed by atoms with Gasteiger partial charge in [0, 0.05) is 23.8 Å². The summed E-state index contributed by atoms with van der Waals surface area (Å²) in [5.41, 5.74) is 0.669. The molecule has 0 amide bonds. The van der Waals surface area contributed by atoms with Crippen LogP contribution in [-0.2, 0) is 10.9 Å². The molecular formula is C16H22F3NO. The maximum absolute atomic E-state index is 12.8. The van der Waals surface area contributed by atoms with Gasteiger partial charge in [0.15, 0.2) is 0 Å². The van der Waals surface area contributed by atoms with Crippen molar-refractivity contribution in [2.75, 3.05) is 11.9 Å². The lowest BCUT2D eigenvalue weighted by atomic mass is 9.64. The van der Waals surface area contributed by atoms with Crippen molar-refractivity contribution in [3.05, 3.63) is 29.3 Å². The normalized spacial score (nSPS) is 24.5. The van der Waals surface area contributed by atoms with E-state index in [-0.39, 0.29) is 17.6 Å². The van der Waals surface area contributed by atoms with Crippen LogP contribution in [0.15, 0.2) is 18.2 Å². The molecule has 0 aliphatic heterocycles.